The molecular weight excluding hydrogens is 496 g/mol. The van der Waals surface area contributed by atoms with Crippen molar-refractivity contribution in [2.24, 2.45) is 0 Å². The molecule has 0 atom stereocenters. The third-order valence-electron chi connectivity index (χ3n) is 6.50. The number of carbonyl (C=O) groups excluding carboxylic acids is 1. The molecule has 3 aromatic heterocycles. The molecular formula is C29H32N6O2S. The number of benzene rings is 1. The van der Waals surface area contributed by atoms with Crippen LogP contribution in [0.2, 0.25) is 0 Å². The number of thiophene rings is 1. The first-order valence-electron chi connectivity index (χ1n) is 12.7. The molecule has 8 nitrogen and oxygen atoms in total. The summed E-state index contributed by atoms with van der Waals surface area (Å²) in [6.45, 7) is 6.11. The van der Waals surface area contributed by atoms with Crippen molar-refractivity contribution in [3.05, 3.63) is 76.7 Å². The molecule has 1 aliphatic rings. The van der Waals surface area contributed by atoms with Crippen LogP contribution < -0.4 is 10.1 Å². The van der Waals surface area contributed by atoms with Crippen molar-refractivity contribution >= 4 is 39.0 Å². The van der Waals surface area contributed by atoms with Crippen LogP contribution in [0.4, 0.5) is 11.5 Å². The number of carbonyl (C=O) groups is 1. The van der Waals surface area contributed by atoms with Crippen LogP contribution in [0.15, 0.2) is 55.0 Å². The van der Waals surface area contributed by atoms with Crippen molar-refractivity contribution in [2.75, 3.05) is 39.0 Å². The quantitative estimate of drug-likeness (QED) is 0.327. The zero-order valence-electron chi connectivity index (χ0n) is 22.2. The predicted molar refractivity (Wildman–Crippen MR) is 153 cm³/mol. The van der Waals surface area contributed by atoms with Crippen molar-refractivity contribution < 1.29 is 9.53 Å². The monoisotopic (exact) mass is 528 g/mol. The van der Waals surface area contributed by atoms with Crippen LogP contribution in [0.5, 0.6) is 11.5 Å². The van der Waals surface area contributed by atoms with E-state index in [0.29, 0.717) is 18.8 Å². The van der Waals surface area contributed by atoms with Gasteiger partial charge in [-0.15, -0.1) is 11.3 Å². The number of ether oxygens (including phenoxy) is 1. The second kappa shape index (κ2) is 11.3. The minimum Gasteiger partial charge on any atom is -0.455 e. The predicted octanol–water partition coefficient (Wildman–Crippen LogP) is 5.28. The zero-order chi connectivity index (χ0) is 26.6. The van der Waals surface area contributed by atoms with E-state index >= 15 is 0 Å². The van der Waals surface area contributed by atoms with Crippen LogP contribution in [0.3, 0.4) is 0 Å². The summed E-state index contributed by atoms with van der Waals surface area (Å²) in [5, 5.41) is 4.56. The molecule has 0 saturated carbocycles. The fraction of sp³-hybridized carbons (Fsp3) is 0.310. The number of aryl methyl sites for hydroxylation is 2. The molecule has 0 unspecified atom stereocenters. The average Bonchev–Trinajstić information content (AvgIpc) is 3.12. The van der Waals surface area contributed by atoms with Crippen molar-refractivity contribution in [1.29, 1.82) is 0 Å². The van der Waals surface area contributed by atoms with Gasteiger partial charge in [-0.3, -0.25) is 9.78 Å². The Hall–Kier alpha value is -3.82. The van der Waals surface area contributed by atoms with Crippen molar-refractivity contribution in [2.45, 2.75) is 26.7 Å². The number of likely N-dealkylation sites (N-methyl/N-ethyl adjacent to an activating group) is 1. The molecule has 1 aromatic carbocycles. The van der Waals surface area contributed by atoms with E-state index in [4.69, 9.17) is 4.74 Å². The zero-order valence-corrected chi connectivity index (χ0v) is 23.0. The Bertz CT molecular complexity index is 1480. The van der Waals surface area contributed by atoms with Crippen LogP contribution in [0.25, 0.3) is 10.2 Å². The van der Waals surface area contributed by atoms with E-state index in [9.17, 15) is 4.79 Å². The Labute approximate surface area is 227 Å². The maximum Gasteiger partial charge on any atom is 0.246 e. The first-order valence-corrected chi connectivity index (χ1v) is 13.5. The molecule has 0 spiro atoms. The summed E-state index contributed by atoms with van der Waals surface area (Å²) in [5.74, 6) is 2.34. The minimum atomic E-state index is 0.0695. The Balaban J connectivity index is 1.34. The third kappa shape index (κ3) is 5.84. The summed E-state index contributed by atoms with van der Waals surface area (Å²) in [5.41, 5.74) is 4.12. The maximum atomic E-state index is 12.7. The summed E-state index contributed by atoms with van der Waals surface area (Å²) in [6.07, 6.45) is 8.56. The fourth-order valence-electron chi connectivity index (χ4n) is 4.50. The van der Waals surface area contributed by atoms with Crippen LogP contribution in [-0.2, 0) is 17.6 Å². The van der Waals surface area contributed by atoms with Gasteiger partial charge in [0.25, 0.3) is 0 Å². The lowest BCUT2D eigenvalue weighted by Gasteiger charge is -2.18. The van der Waals surface area contributed by atoms with Gasteiger partial charge in [0.05, 0.1) is 11.6 Å². The number of nitrogens with one attached hydrogen (secondary N) is 1. The minimum absolute atomic E-state index is 0.0695. The van der Waals surface area contributed by atoms with E-state index in [2.05, 4.69) is 26.3 Å². The Morgan fingerprint density at radius 3 is 2.74 bits per heavy atom. The highest BCUT2D eigenvalue weighted by molar-refractivity contribution is 7.19. The van der Waals surface area contributed by atoms with Gasteiger partial charge in [0, 0.05) is 42.0 Å². The molecule has 38 heavy (non-hydrogen) atoms. The molecule has 9 heteroatoms. The van der Waals surface area contributed by atoms with Gasteiger partial charge in [-0.05, 0) is 82.2 Å². The largest absolute Gasteiger partial charge is 0.455 e. The van der Waals surface area contributed by atoms with Gasteiger partial charge in [0.15, 0.2) is 0 Å². The van der Waals surface area contributed by atoms with Gasteiger partial charge < -0.3 is 19.9 Å². The van der Waals surface area contributed by atoms with Gasteiger partial charge in [-0.25, -0.2) is 9.97 Å². The SMILES string of the molecule is Cc1ccc(Oc2ccc(Nc3ncnc4sc5c(c34)CCN(C(=O)/C=C/CN(C)C)CC5)cc2C)cn1. The lowest BCUT2D eigenvalue weighted by atomic mass is 10.1. The molecule has 1 N–H and O–H groups in total. The first-order chi connectivity index (χ1) is 18.4. The third-order valence-corrected chi connectivity index (χ3v) is 7.70. The molecule has 0 aliphatic carbocycles. The molecule has 0 saturated heterocycles. The van der Waals surface area contributed by atoms with Crippen LogP contribution in [-0.4, -0.2) is 64.4 Å². The van der Waals surface area contributed by atoms with E-state index < -0.39 is 0 Å². The van der Waals surface area contributed by atoms with E-state index in [1.807, 2.05) is 68.1 Å². The van der Waals surface area contributed by atoms with E-state index in [1.54, 1.807) is 29.9 Å². The molecule has 0 bridgehead atoms. The number of aromatic nitrogens is 3. The smallest absolute Gasteiger partial charge is 0.246 e. The number of amides is 1. The molecule has 196 valence electrons. The van der Waals surface area contributed by atoms with Gasteiger partial charge in [0.1, 0.15) is 28.5 Å². The Morgan fingerprint density at radius 2 is 1.97 bits per heavy atom. The molecule has 1 amide bonds. The van der Waals surface area contributed by atoms with Crippen molar-refractivity contribution in [1.82, 2.24) is 24.8 Å². The number of anilines is 2. The van der Waals surface area contributed by atoms with E-state index in [0.717, 1.165) is 58.1 Å². The van der Waals surface area contributed by atoms with Gasteiger partial charge >= 0.3 is 0 Å². The topological polar surface area (TPSA) is 83.5 Å². The highest BCUT2D eigenvalue weighted by Gasteiger charge is 2.23. The summed E-state index contributed by atoms with van der Waals surface area (Å²) < 4.78 is 6.03. The summed E-state index contributed by atoms with van der Waals surface area (Å²) in [4.78, 5) is 32.4. The van der Waals surface area contributed by atoms with Gasteiger partial charge in [-0.2, -0.15) is 0 Å². The molecule has 5 rings (SSSR count). The number of hydrogen-bond donors (Lipinski definition) is 1. The average molecular weight is 529 g/mol. The second-order valence-electron chi connectivity index (χ2n) is 9.74. The van der Waals surface area contributed by atoms with E-state index in [-0.39, 0.29) is 5.91 Å². The lowest BCUT2D eigenvalue weighted by molar-refractivity contribution is -0.125. The van der Waals surface area contributed by atoms with Gasteiger partial charge in [-0.1, -0.05) is 6.08 Å². The van der Waals surface area contributed by atoms with Gasteiger partial charge in [0.2, 0.25) is 5.91 Å². The normalized spacial score (nSPS) is 13.7. The van der Waals surface area contributed by atoms with Crippen molar-refractivity contribution in [3.63, 3.8) is 0 Å². The van der Waals surface area contributed by atoms with Crippen LogP contribution in [0, 0.1) is 13.8 Å². The Morgan fingerprint density at radius 1 is 1.13 bits per heavy atom. The first kappa shape index (κ1) is 25.8. The molecule has 4 heterocycles. The maximum absolute atomic E-state index is 12.7. The summed E-state index contributed by atoms with van der Waals surface area (Å²) >= 11 is 1.70. The van der Waals surface area contributed by atoms with Crippen molar-refractivity contribution in [3.8, 4) is 11.5 Å². The Kier molecular flexibility index (Phi) is 7.67. The number of pyridine rings is 1. The second-order valence-corrected chi connectivity index (χ2v) is 10.8. The number of hydrogen-bond acceptors (Lipinski definition) is 8. The molecule has 0 radical (unpaired) electrons. The fourth-order valence-corrected chi connectivity index (χ4v) is 5.68. The lowest BCUT2D eigenvalue weighted by Crippen LogP contribution is -2.32. The van der Waals surface area contributed by atoms with Crippen LogP contribution >= 0.6 is 11.3 Å². The van der Waals surface area contributed by atoms with E-state index in [1.165, 1.54) is 10.4 Å². The number of fused-ring (bicyclic) bond motifs is 3. The number of nitrogens with zero attached hydrogens (tertiary/aromatic N) is 5. The number of rotatable bonds is 7. The highest BCUT2D eigenvalue weighted by atomic mass is 32.1. The highest BCUT2D eigenvalue weighted by Crippen LogP contribution is 2.37. The van der Waals surface area contributed by atoms with Crippen LogP contribution in [0.1, 0.15) is 21.7 Å². The summed E-state index contributed by atoms with van der Waals surface area (Å²) in [7, 11) is 3.98. The molecule has 0 fully saturated rings. The standard InChI is InChI=1S/C29H32N6O2S/c1-19-16-21(8-10-24(19)37-22-9-7-20(2)30-17-22)33-28-27-23-11-14-35(26(36)6-5-13-34(3)4)15-12-25(23)38-29(27)32-18-31-28/h5-10,16-18H,11-15H2,1-4H3,(H,31,32,33)/b6-5+. The molecule has 4 aromatic rings. The molecule has 1 aliphatic heterocycles. The summed E-state index contributed by atoms with van der Waals surface area (Å²) in [6, 6.07) is 9.85.